The highest BCUT2D eigenvalue weighted by Gasteiger charge is 2.45. The lowest BCUT2D eigenvalue weighted by atomic mass is 9.83. The lowest BCUT2D eigenvalue weighted by Crippen LogP contribution is -2.58. The number of anilines is 3. The third kappa shape index (κ3) is 5.24. The van der Waals surface area contributed by atoms with Crippen molar-refractivity contribution in [2.45, 2.75) is 64.1 Å². The Bertz CT molecular complexity index is 1120. The number of hydrogen-bond donors (Lipinski definition) is 2. The van der Waals surface area contributed by atoms with Gasteiger partial charge in [-0.05, 0) is 39.5 Å². The smallest absolute Gasteiger partial charge is 0.230 e. The molecule has 3 aliphatic rings. The minimum Gasteiger partial charge on any atom is -0.477 e. The fourth-order valence-corrected chi connectivity index (χ4v) is 6.89. The number of sulfonamides is 1. The quantitative estimate of drug-likeness (QED) is 0.528. The van der Waals surface area contributed by atoms with Crippen molar-refractivity contribution in [2.24, 2.45) is 5.92 Å². The second-order valence-corrected chi connectivity index (χ2v) is 12.0. The Labute approximate surface area is 206 Å². The highest BCUT2D eigenvalue weighted by atomic mass is 32.2. The van der Waals surface area contributed by atoms with Crippen LogP contribution in [0.15, 0.2) is 12.1 Å². The molecule has 2 aromatic heterocycles. The molecule has 0 radical (unpaired) electrons. The van der Waals surface area contributed by atoms with Crippen LogP contribution < -0.4 is 15.0 Å². The van der Waals surface area contributed by atoms with Gasteiger partial charge in [0, 0.05) is 48.9 Å². The molecule has 2 aromatic rings. The number of aromatic nitrogens is 4. The Hall–Kier alpha value is -2.44. The molecular formula is C23H35N7O4S. The van der Waals surface area contributed by atoms with Gasteiger partial charge < -0.3 is 19.7 Å². The molecule has 0 spiro atoms. The van der Waals surface area contributed by atoms with Gasteiger partial charge in [0.25, 0.3) is 0 Å². The van der Waals surface area contributed by atoms with Crippen molar-refractivity contribution in [1.82, 2.24) is 24.5 Å². The summed E-state index contributed by atoms with van der Waals surface area (Å²) in [5.74, 6) is 2.84. The van der Waals surface area contributed by atoms with E-state index in [0.717, 1.165) is 37.8 Å². The molecule has 11 nitrogen and oxygen atoms in total. The number of H-pyrrole nitrogens is 1. The van der Waals surface area contributed by atoms with Crippen LogP contribution in [-0.2, 0) is 14.8 Å². The van der Waals surface area contributed by atoms with E-state index in [1.54, 1.807) is 17.3 Å². The maximum atomic E-state index is 12.8. The number of hydrogen-bond acceptors (Lipinski definition) is 9. The molecule has 5 heterocycles. The first-order chi connectivity index (χ1) is 16.8. The van der Waals surface area contributed by atoms with Crippen molar-refractivity contribution in [3.63, 3.8) is 0 Å². The van der Waals surface area contributed by atoms with Gasteiger partial charge in [0.1, 0.15) is 5.82 Å². The SMILES string of the molecule is CCS(=O)(=O)N1[C@@H]2CCC[C@H]1C[C@H](N(C)c1nc(Nc3cc(C)[nH]n3)cc(OCC3COC3)n1)C2. The topological polar surface area (TPSA) is 126 Å². The van der Waals surface area contributed by atoms with Gasteiger partial charge >= 0.3 is 0 Å². The minimum absolute atomic E-state index is 0.0302. The number of rotatable bonds is 9. The van der Waals surface area contributed by atoms with Gasteiger partial charge in [0.05, 0.1) is 25.6 Å². The molecule has 5 rings (SSSR count). The average Bonchev–Trinajstić information content (AvgIpc) is 3.20. The van der Waals surface area contributed by atoms with Crippen molar-refractivity contribution in [1.29, 1.82) is 0 Å². The molecule has 3 saturated heterocycles. The third-order valence-electron chi connectivity index (χ3n) is 7.26. The fourth-order valence-electron chi connectivity index (χ4n) is 5.30. The number of nitrogens with one attached hydrogen (secondary N) is 2. The zero-order valence-corrected chi connectivity index (χ0v) is 21.4. The zero-order chi connectivity index (χ0) is 24.6. The lowest BCUT2D eigenvalue weighted by molar-refractivity contribution is -0.0514. The van der Waals surface area contributed by atoms with Gasteiger partial charge in [-0.3, -0.25) is 5.10 Å². The molecule has 3 fully saturated rings. The van der Waals surface area contributed by atoms with Crippen LogP contribution >= 0.6 is 0 Å². The van der Waals surface area contributed by atoms with Crippen molar-refractivity contribution in [3.8, 4) is 5.88 Å². The summed E-state index contributed by atoms with van der Waals surface area (Å²) in [5, 5.41) is 10.4. The van der Waals surface area contributed by atoms with Gasteiger partial charge in [-0.15, -0.1) is 0 Å². The molecular weight excluding hydrogens is 470 g/mol. The van der Waals surface area contributed by atoms with Crippen molar-refractivity contribution >= 4 is 27.6 Å². The molecule has 0 amide bonds. The van der Waals surface area contributed by atoms with Gasteiger partial charge in [0.15, 0.2) is 5.82 Å². The molecule has 192 valence electrons. The Morgan fingerprint density at radius 2 is 1.94 bits per heavy atom. The van der Waals surface area contributed by atoms with E-state index in [1.807, 2.05) is 20.0 Å². The normalized spacial score (nSPS) is 25.2. The summed E-state index contributed by atoms with van der Waals surface area (Å²) in [5.41, 5.74) is 0.945. The van der Waals surface area contributed by atoms with Crippen molar-refractivity contribution in [3.05, 3.63) is 17.8 Å². The molecule has 3 atom stereocenters. The third-order valence-corrected chi connectivity index (χ3v) is 9.23. The van der Waals surface area contributed by atoms with Crippen LogP contribution in [0.3, 0.4) is 0 Å². The molecule has 0 aromatic carbocycles. The highest BCUT2D eigenvalue weighted by Crippen LogP contribution is 2.38. The van der Waals surface area contributed by atoms with Crippen LogP contribution in [0.2, 0.25) is 0 Å². The molecule has 3 aliphatic heterocycles. The maximum absolute atomic E-state index is 12.8. The number of fused-ring (bicyclic) bond motifs is 2. The first-order valence-corrected chi connectivity index (χ1v) is 14.1. The summed E-state index contributed by atoms with van der Waals surface area (Å²) in [7, 11) is -1.23. The van der Waals surface area contributed by atoms with Crippen LogP contribution in [0.5, 0.6) is 5.88 Å². The van der Waals surface area contributed by atoms with Gasteiger partial charge in [-0.2, -0.15) is 19.4 Å². The summed E-state index contributed by atoms with van der Waals surface area (Å²) in [6.07, 6.45) is 4.41. The average molecular weight is 506 g/mol. The molecule has 0 aliphatic carbocycles. The second-order valence-electron chi connectivity index (χ2n) is 9.87. The van der Waals surface area contributed by atoms with E-state index in [4.69, 9.17) is 19.4 Å². The van der Waals surface area contributed by atoms with E-state index in [2.05, 4.69) is 20.4 Å². The fraction of sp³-hybridized carbons (Fsp3) is 0.696. The predicted molar refractivity (Wildman–Crippen MR) is 133 cm³/mol. The van der Waals surface area contributed by atoms with Gasteiger partial charge in [0.2, 0.25) is 21.9 Å². The number of ether oxygens (including phenoxy) is 2. The Morgan fingerprint density at radius 1 is 1.20 bits per heavy atom. The Kier molecular flexibility index (Phi) is 6.86. The van der Waals surface area contributed by atoms with Crippen LogP contribution in [-0.4, -0.2) is 83.6 Å². The minimum atomic E-state index is -3.22. The molecule has 2 bridgehead atoms. The largest absolute Gasteiger partial charge is 0.477 e. The molecule has 35 heavy (non-hydrogen) atoms. The number of aromatic amines is 1. The molecule has 2 N–H and O–H groups in total. The second kappa shape index (κ2) is 9.90. The highest BCUT2D eigenvalue weighted by molar-refractivity contribution is 7.89. The summed E-state index contributed by atoms with van der Waals surface area (Å²) >= 11 is 0. The van der Waals surface area contributed by atoms with Crippen molar-refractivity contribution < 1.29 is 17.9 Å². The van der Waals surface area contributed by atoms with Crippen LogP contribution in [0, 0.1) is 12.8 Å². The zero-order valence-electron chi connectivity index (χ0n) is 20.6. The van der Waals surface area contributed by atoms with E-state index in [9.17, 15) is 8.42 Å². The van der Waals surface area contributed by atoms with Gasteiger partial charge in [-0.25, -0.2) is 8.42 Å². The maximum Gasteiger partial charge on any atom is 0.230 e. The summed E-state index contributed by atoms with van der Waals surface area (Å²) < 4.78 is 38.6. The summed E-state index contributed by atoms with van der Waals surface area (Å²) in [6.45, 7) is 5.62. The van der Waals surface area contributed by atoms with Gasteiger partial charge in [-0.1, -0.05) is 6.42 Å². The molecule has 0 unspecified atom stereocenters. The van der Waals surface area contributed by atoms with Crippen LogP contribution in [0.4, 0.5) is 17.6 Å². The van der Waals surface area contributed by atoms with E-state index in [1.165, 1.54) is 0 Å². The lowest BCUT2D eigenvalue weighted by Gasteiger charge is -2.49. The predicted octanol–water partition coefficient (Wildman–Crippen LogP) is 2.45. The first-order valence-electron chi connectivity index (χ1n) is 12.4. The summed E-state index contributed by atoms with van der Waals surface area (Å²) in [6, 6.07) is 3.89. The number of aryl methyl sites for hydroxylation is 1. The number of piperidine rings is 2. The number of nitrogens with zero attached hydrogens (tertiary/aromatic N) is 5. The standard InChI is InChI=1S/C23H35N7O4S/c1-4-35(31,32)30-17-6-5-7-18(30)10-19(9-17)29(3)23-25-20(24-21-8-15(2)27-28-21)11-22(26-23)34-14-16-12-33-13-16/h8,11,16-19H,4-7,9-10,12-14H2,1-3H3,(H2,24,25,26,27,28)/t17-,18+,19-. The van der Waals surface area contributed by atoms with Crippen molar-refractivity contribution in [2.75, 3.05) is 42.8 Å². The Morgan fingerprint density at radius 3 is 2.54 bits per heavy atom. The molecule has 12 heteroatoms. The van der Waals surface area contributed by atoms with E-state index >= 15 is 0 Å². The first kappa shape index (κ1) is 24.3. The van der Waals surface area contributed by atoms with Crippen LogP contribution in [0.1, 0.15) is 44.7 Å². The van der Waals surface area contributed by atoms with E-state index in [0.29, 0.717) is 49.2 Å². The summed E-state index contributed by atoms with van der Waals surface area (Å²) in [4.78, 5) is 11.6. The molecule has 0 saturated carbocycles. The Balaban J connectivity index is 1.37. The van der Waals surface area contributed by atoms with E-state index < -0.39 is 10.0 Å². The van der Waals surface area contributed by atoms with Crippen LogP contribution in [0.25, 0.3) is 0 Å². The monoisotopic (exact) mass is 505 g/mol. The van der Waals surface area contributed by atoms with E-state index in [-0.39, 0.29) is 23.9 Å².